The van der Waals surface area contributed by atoms with E-state index in [4.69, 9.17) is 0 Å². The number of hydrogen-bond donors (Lipinski definition) is 2. The van der Waals surface area contributed by atoms with Gasteiger partial charge in [-0.25, -0.2) is 4.68 Å². The lowest BCUT2D eigenvalue weighted by molar-refractivity contribution is -0.384. The first-order valence-electron chi connectivity index (χ1n) is 9.42. The fraction of sp³-hybridized carbons (Fsp3) is 0.238. The quantitative estimate of drug-likeness (QED) is 0.250. The summed E-state index contributed by atoms with van der Waals surface area (Å²) in [6, 6.07) is 14.7. The van der Waals surface area contributed by atoms with Gasteiger partial charge in [0.2, 0.25) is 0 Å². The lowest BCUT2D eigenvalue weighted by Gasteiger charge is -2.04. The van der Waals surface area contributed by atoms with Crippen LogP contribution in [0.5, 0.6) is 0 Å². The van der Waals surface area contributed by atoms with Crippen molar-refractivity contribution in [1.82, 2.24) is 15.1 Å². The molecule has 3 aromatic rings. The second-order valence-electron chi connectivity index (χ2n) is 6.60. The number of benzene rings is 2. The van der Waals surface area contributed by atoms with Crippen molar-refractivity contribution in [2.75, 3.05) is 13.1 Å². The molecule has 8 nitrogen and oxygen atoms in total. The molecule has 3 rings (SSSR count). The molecule has 8 heteroatoms. The Bertz CT molecular complexity index is 1050. The third-order valence-electron chi connectivity index (χ3n) is 4.54. The van der Waals surface area contributed by atoms with Crippen molar-refractivity contribution in [3.63, 3.8) is 0 Å². The number of aromatic amines is 1. The summed E-state index contributed by atoms with van der Waals surface area (Å²) in [6.45, 7) is 2.82. The molecule has 2 N–H and O–H groups in total. The lowest BCUT2D eigenvalue weighted by Crippen LogP contribution is -2.28. The molecule has 29 heavy (non-hydrogen) atoms. The Labute approximate surface area is 167 Å². The van der Waals surface area contributed by atoms with E-state index in [9.17, 15) is 19.7 Å². The highest BCUT2D eigenvalue weighted by Gasteiger charge is 2.22. The maximum Gasteiger partial charge on any atom is 0.282 e. The number of ketones is 1. The minimum atomic E-state index is -0.506. The Morgan fingerprint density at radius 2 is 1.83 bits per heavy atom. The summed E-state index contributed by atoms with van der Waals surface area (Å²) in [5.74, 6) is -0.304. The van der Waals surface area contributed by atoms with Gasteiger partial charge in [-0.1, -0.05) is 43.7 Å². The van der Waals surface area contributed by atoms with E-state index in [1.807, 2.05) is 30.3 Å². The molecule has 0 saturated carbocycles. The molecular formula is C21H22N4O4. The number of unbranched alkanes of at least 4 members (excludes halogenated alkanes) is 1. The van der Waals surface area contributed by atoms with Gasteiger partial charge < -0.3 is 5.32 Å². The molecule has 0 bridgehead atoms. The Morgan fingerprint density at radius 3 is 2.45 bits per heavy atom. The van der Waals surface area contributed by atoms with E-state index in [1.165, 1.54) is 28.9 Å². The predicted octanol–water partition coefficient (Wildman–Crippen LogP) is 3.31. The van der Waals surface area contributed by atoms with E-state index < -0.39 is 10.5 Å². The number of non-ortho nitro benzene ring substituents is 1. The lowest BCUT2D eigenvalue weighted by atomic mass is 10.1. The fourth-order valence-electron chi connectivity index (χ4n) is 3.01. The number of nitrogens with zero attached hydrogens (tertiary/aromatic N) is 2. The van der Waals surface area contributed by atoms with E-state index in [0.29, 0.717) is 23.5 Å². The van der Waals surface area contributed by atoms with Crippen LogP contribution in [0.15, 0.2) is 59.4 Å². The molecular weight excluding hydrogens is 372 g/mol. The zero-order valence-corrected chi connectivity index (χ0v) is 16.1. The SMILES string of the molecule is CCCCNCC(=O)c1c(-c2ccccc2)[nH]n(-c2ccc([N+](=O)[O-])cc2)c1=O. The van der Waals surface area contributed by atoms with Crippen molar-refractivity contribution in [1.29, 1.82) is 0 Å². The molecule has 0 aliphatic rings. The number of H-pyrrole nitrogens is 1. The van der Waals surface area contributed by atoms with Crippen LogP contribution in [-0.2, 0) is 0 Å². The largest absolute Gasteiger partial charge is 0.310 e. The molecule has 0 amide bonds. The van der Waals surface area contributed by atoms with Gasteiger partial charge in [0.05, 0.1) is 22.8 Å². The summed E-state index contributed by atoms with van der Waals surface area (Å²) in [5, 5.41) is 16.9. The van der Waals surface area contributed by atoms with Crippen LogP contribution in [0.2, 0.25) is 0 Å². The van der Waals surface area contributed by atoms with Crippen LogP contribution in [0.25, 0.3) is 16.9 Å². The van der Waals surface area contributed by atoms with Crippen LogP contribution in [-0.4, -0.2) is 33.6 Å². The van der Waals surface area contributed by atoms with Crippen LogP contribution in [0.4, 0.5) is 5.69 Å². The smallest absolute Gasteiger partial charge is 0.282 e. The molecule has 0 aliphatic carbocycles. The fourth-order valence-corrected chi connectivity index (χ4v) is 3.01. The van der Waals surface area contributed by atoms with Gasteiger partial charge in [0.1, 0.15) is 5.56 Å². The maximum absolute atomic E-state index is 13.1. The van der Waals surface area contributed by atoms with Crippen molar-refractivity contribution < 1.29 is 9.72 Å². The summed E-state index contributed by atoms with van der Waals surface area (Å²) in [5.41, 5.74) is 1.06. The first kappa shape index (κ1) is 20.2. The van der Waals surface area contributed by atoms with Gasteiger partial charge in [-0.05, 0) is 25.1 Å². The van der Waals surface area contributed by atoms with Gasteiger partial charge in [-0.3, -0.25) is 24.8 Å². The molecule has 1 aromatic heterocycles. The van der Waals surface area contributed by atoms with Gasteiger partial charge in [-0.2, -0.15) is 0 Å². The molecule has 0 fully saturated rings. The van der Waals surface area contributed by atoms with Crippen LogP contribution in [0.1, 0.15) is 30.1 Å². The van der Waals surface area contributed by atoms with Crippen LogP contribution >= 0.6 is 0 Å². The highest BCUT2D eigenvalue weighted by molar-refractivity contribution is 6.02. The first-order valence-corrected chi connectivity index (χ1v) is 9.42. The molecule has 0 radical (unpaired) electrons. The minimum absolute atomic E-state index is 0.0627. The van der Waals surface area contributed by atoms with Gasteiger partial charge in [0, 0.05) is 17.7 Å². The number of aromatic nitrogens is 2. The van der Waals surface area contributed by atoms with Gasteiger partial charge in [0.15, 0.2) is 5.78 Å². The average molecular weight is 394 g/mol. The number of nitro groups is 1. The summed E-state index contributed by atoms with van der Waals surface area (Å²) in [4.78, 5) is 36.3. The molecule has 0 atom stereocenters. The monoisotopic (exact) mass is 394 g/mol. The topological polar surface area (TPSA) is 110 Å². The van der Waals surface area contributed by atoms with E-state index in [-0.39, 0.29) is 23.6 Å². The van der Waals surface area contributed by atoms with Crippen molar-refractivity contribution in [2.45, 2.75) is 19.8 Å². The van der Waals surface area contributed by atoms with Crippen molar-refractivity contribution in [2.24, 2.45) is 0 Å². The predicted molar refractivity (Wildman–Crippen MR) is 111 cm³/mol. The van der Waals surface area contributed by atoms with E-state index in [1.54, 1.807) is 0 Å². The third kappa shape index (κ3) is 4.49. The molecule has 150 valence electrons. The summed E-state index contributed by atoms with van der Waals surface area (Å²) in [7, 11) is 0. The van der Waals surface area contributed by atoms with Crippen LogP contribution in [0.3, 0.4) is 0 Å². The Morgan fingerprint density at radius 1 is 1.14 bits per heavy atom. The third-order valence-corrected chi connectivity index (χ3v) is 4.54. The normalized spacial score (nSPS) is 10.8. The second kappa shape index (κ2) is 9.11. The number of hydrogen-bond acceptors (Lipinski definition) is 5. The minimum Gasteiger partial charge on any atom is -0.310 e. The Hall–Kier alpha value is -3.52. The maximum atomic E-state index is 13.1. The van der Waals surface area contributed by atoms with E-state index >= 15 is 0 Å². The number of carbonyl (C=O) groups is 1. The average Bonchev–Trinajstić information content (AvgIpc) is 3.09. The standard InChI is InChI=1S/C21H22N4O4/c1-2-3-13-22-14-18(26)19-20(15-7-5-4-6-8-15)23-24(21(19)27)16-9-11-17(12-10-16)25(28)29/h4-12,22-23H,2-3,13-14H2,1H3. The molecule has 1 heterocycles. The molecule has 0 spiro atoms. The first-order chi connectivity index (χ1) is 14.0. The van der Waals surface area contributed by atoms with Gasteiger partial charge in [0.25, 0.3) is 11.2 Å². The second-order valence-corrected chi connectivity index (χ2v) is 6.60. The molecule has 0 unspecified atom stereocenters. The Balaban J connectivity index is 2.03. The van der Waals surface area contributed by atoms with E-state index in [0.717, 1.165) is 12.8 Å². The van der Waals surface area contributed by atoms with Crippen molar-refractivity contribution in [3.8, 4) is 16.9 Å². The van der Waals surface area contributed by atoms with Crippen LogP contribution < -0.4 is 10.9 Å². The van der Waals surface area contributed by atoms with Crippen molar-refractivity contribution >= 4 is 11.5 Å². The van der Waals surface area contributed by atoms with Crippen molar-refractivity contribution in [3.05, 3.63) is 80.6 Å². The Kier molecular flexibility index (Phi) is 6.36. The van der Waals surface area contributed by atoms with Crippen LogP contribution in [0, 0.1) is 10.1 Å². The number of nitro benzene ring substituents is 1. The summed E-state index contributed by atoms with van der Waals surface area (Å²) < 4.78 is 1.24. The molecule has 0 aliphatic heterocycles. The highest BCUT2D eigenvalue weighted by Crippen LogP contribution is 2.22. The molecule has 2 aromatic carbocycles. The zero-order chi connectivity index (χ0) is 20.8. The summed E-state index contributed by atoms with van der Waals surface area (Å²) >= 11 is 0. The summed E-state index contributed by atoms with van der Waals surface area (Å²) in [6.07, 6.45) is 1.95. The van der Waals surface area contributed by atoms with Gasteiger partial charge >= 0.3 is 0 Å². The van der Waals surface area contributed by atoms with Gasteiger partial charge in [-0.15, -0.1) is 0 Å². The zero-order valence-electron chi connectivity index (χ0n) is 16.1. The molecule has 0 saturated heterocycles. The number of rotatable bonds is 9. The highest BCUT2D eigenvalue weighted by atomic mass is 16.6. The number of Topliss-reactive ketones (excluding diaryl/α,β-unsaturated/α-hetero) is 1. The van der Waals surface area contributed by atoms with E-state index in [2.05, 4.69) is 17.3 Å². The number of nitrogens with one attached hydrogen (secondary N) is 2. The number of carbonyl (C=O) groups excluding carboxylic acids is 1.